The van der Waals surface area contributed by atoms with Gasteiger partial charge in [0.05, 0.1) is 0 Å². The molecule has 2 atom stereocenters. The Balaban J connectivity index is 2.20. The first-order valence-electron chi connectivity index (χ1n) is 8.09. The zero-order valence-electron chi connectivity index (χ0n) is 13.9. The van der Waals surface area contributed by atoms with Gasteiger partial charge in [-0.2, -0.15) is 0 Å². The van der Waals surface area contributed by atoms with Gasteiger partial charge in [-0.15, -0.1) is 0 Å². The van der Waals surface area contributed by atoms with Crippen LogP contribution in [0.4, 0.5) is 0 Å². The number of nitrogens with two attached hydrogens (primary N) is 1. The number of rotatable bonds is 1. The zero-order chi connectivity index (χ0) is 15.0. The lowest BCUT2D eigenvalue weighted by Crippen LogP contribution is -2.36. The summed E-state index contributed by atoms with van der Waals surface area (Å²) in [5.41, 5.74) is 11.2. The average Bonchev–Trinajstić information content (AvgIpc) is 2.55. The molecule has 2 rings (SSSR count). The minimum absolute atomic E-state index is 0.113. The summed E-state index contributed by atoms with van der Waals surface area (Å²) in [5, 5.41) is 0. The van der Waals surface area contributed by atoms with Crippen molar-refractivity contribution in [2.75, 3.05) is 0 Å². The Kier molecular flexibility index (Phi) is 4.30. The molecule has 2 unspecified atom stereocenters. The highest BCUT2D eigenvalue weighted by Crippen LogP contribution is 2.42. The molecule has 1 fully saturated rings. The largest absolute Gasteiger partial charge is 0.321 e. The lowest BCUT2D eigenvalue weighted by molar-refractivity contribution is 0.211. The van der Waals surface area contributed by atoms with Crippen molar-refractivity contribution in [1.82, 2.24) is 0 Å². The molecule has 1 aliphatic carbocycles. The van der Waals surface area contributed by atoms with E-state index in [-0.39, 0.29) is 5.54 Å². The van der Waals surface area contributed by atoms with Crippen LogP contribution < -0.4 is 5.73 Å². The third-order valence-corrected chi connectivity index (χ3v) is 5.42. The number of benzene rings is 1. The Labute approximate surface area is 125 Å². The molecule has 112 valence electrons. The van der Waals surface area contributed by atoms with Crippen LogP contribution in [0.3, 0.4) is 0 Å². The van der Waals surface area contributed by atoms with E-state index in [1.54, 1.807) is 0 Å². The van der Waals surface area contributed by atoms with E-state index < -0.39 is 0 Å². The summed E-state index contributed by atoms with van der Waals surface area (Å²) in [6.45, 7) is 11.5. The maximum absolute atomic E-state index is 6.80. The maximum Gasteiger partial charge on any atom is 0.0409 e. The van der Waals surface area contributed by atoms with Crippen LogP contribution in [0.2, 0.25) is 0 Å². The fourth-order valence-corrected chi connectivity index (χ4v) is 3.57. The Morgan fingerprint density at radius 3 is 2.35 bits per heavy atom. The second kappa shape index (κ2) is 5.52. The minimum Gasteiger partial charge on any atom is -0.321 e. The van der Waals surface area contributed by atoms with Crippen LogP contribution in [0.1, 0.15) is 69.6 Å². The standard InChI is InChI=1S/C19H31N/c1-14-8-9-17(13-15(14)2)19(20)11-6-7-16(10-12-19)18(3,4)5/h8-9,13,16H,6-7,10-12,20H2,1-5H3. The van der Waals surface area contributed by atoms with Gasteiger partial charge in [-0.05, 0) is 67.6 Å². The number of hydrogen-bond acceptors (Lipinski definition) is 1. The summed E-state index contributed by atoms with van der Waals surface area (Å²) in [5.74, 6) is 0.805. The van der Waals surface area contributed by atoms with Crippen molar-refractivity contribution in [1.29, 1.82) is 0 Å². The maximum atomic E-state index is 6.80. The predicted molar refractivity (Wildman–Crippen MR) is 87.8 cm³/mol. The van der Waals surface area contributed by atoms with Gasteiger partial charge in [0, 0.05) is 5.54 Å². The predicted octanol–water partition coefficient (Wildman–Crippen LogP) is 5.08. The van der Waals surface area contributed by atoms with Crippen LogP contribution in [-0.2, 0) is 5.54 Å². The number of aryl methyl sites for hydroxylation is 2. The molecule has 1 saturated carbocycles. The van der Waals surface area contributed by atoms with Gasteiger partial charge < -0.3 is 5.73 Å². The fraction of sp³-hybridized carbons (Fsp3) is 0.684. The third kappa shape index (κ3) is 3.25. The van der Waals surface area contributed by atoms with Crippen LogP contribution in [0.5, 0.6) is 0 Å². The molecule has 0 heterocycles. The summed E-state index contributed by atoms with van der Waals surface area (Å²) in [4.78, 5) is 0. The van der Waals surface area contributed by atoms with Crippen LogP contribution in [-0.4, -0.2) is 0 Å². The molecule has 20 heavy (non-hydrogen) atoms. The van der Waals surface area contributed by atoms with Crippen molar-refractivity contribution in [3.8, 4) is 0 Å². The van der Waals surface area contributed by atoms with E-state index in [4.69, 9.17) is 5.73 Å². The van der Waals surface area contributed by atoms with Crippen molar-refractivity contribution in [3.05, 3.63) is 34.9 Å². The highest BCUT2D eigenvalue weighted by Gasteiger charge is 2.34. The molecule has 1 aromatic rings. The molecule has 0 aliphatic heterocycles. The lowest BCUT2D eigenvalue weighted by Gasteiger charge is -2.32. The summed E-state index contributed by atoms with van der Waals surface area (Å²) >= 11 is 0. The molecule has 0 spiro atoms. The molecule has 1 nitrogen and oxygen atoms in total. The Morgan fingerprint density at radius 1 is 1.05 bits per heavy atom. The minimum atomic E-state index is -0.113. The molecule has 0 radical (unpaired) electrons. The van der Waals surface area contributed by atoms with Crippen LogP contribution in [0.25, 0.3) is 0 Å². The van der Waals surface area contributed by atoms with Crippen molar-refractivity contribution in [3.63, 3.8) is 0 Å². The van der Waals surface area contributed by atoms with Crippen molar-refractivity contribution >= 4 is 0 Å². The zero-order valence-corrected chi connectivity index (χ0v) is 13.9. The topological polar surface area (TPSA) is 26.0 Å². The van der Waals surface area contributed by atoms with E-state index >= 15 is 0 Å². The van der Waals surface area contributed by atoms with Gasteiger partial charge in [0.25, 0.3) is 0 Å². The molecule has 0 aromatic heterocycles. The Hall–Kier alpha value is -0.820. The molecule has 0 bridgehead atoms. The normalized spacial score (nSPS) is 28.2. The fourth-order valence-electron chi connectivity index (χ4n) is 3.57. The first-order valence-corrected chi connectivity index (χ1v) is 8.09. The Morgan fingerprint density at radius 2 is 1.75 bits per heavy atom. The van der Waals surface area contributed by atoms with Crippen LogP contribution in [0, 0.1) is 25.2 Å². The van der Waals surface area contributed by atoms with Crippen LogP contribution >= 0.6 is 0 Å². The van der Waals surface area contributed by atoms with Crippen molar-refractivity contribution in [2.24, 2.45) is 17.1 Å². The second-order valence-corrected chi connectivity index (χ2v) is 7.95. The quantitative estimate of drug-likeness (QED) is 0.709. The summed E-state index contributed by atoms with van der Waals surface area (Å²) < 4.78 is 0. The highest BCUT2D eigenvalue weighted by molar-refractivity contribution is 5.34. The third-order valence-electron chi connectivity index (χ3n) is 5.42. The van der Waals surface area contributed by atoms with Gasteiger partial charge in [0.15, 0.2) is 0 Å². The lowest BCUT2D eigenvalue weighted by atomic mass is 9.75. The van der Waals surface area contributed by atoms with Gasteiger partial charge in [-0.1, -0.05) is 45.4 Å². The van der Waals surface area contributed by atoms with E-state index in [9.17, 15) is 0 Å². The van der Waals surface area contributed by atoms with E-state index in [0.29, 0.717) is 5.41 Å². The summed E-state index contributed by atoms with van der Waals surface area (Å²) in [7, 11) is 0. The van der Waals surface area contributed by atoms with E-state index in [0.717, 1.165) is 18.8 Å². The van der Waals surface area contributed by atoms with Gasteiger partial charge in [-0.25, -0.2) is 0 Å². The smallest absolute Gasteiger partial charge is 0.0409 e. The molecule has 0 saturated heterocycles. The summed E-state index contributed by atoms with van der Waals surface area (Å²) in [6, 6.07) is 6.79. The van der Waals surface area contributed by atoms with Gasteiger partial charge in [-0.3, -0.25) is 0 Å². The molecule has 1 aliphatic rings. The first-order chi connectivity index (χ1) is 9.22. The van der Waals surface area contributed by atoms with Crippen LogP contribution in [0.15, 0.2) is 18.2 Å². The van der Waals surface area contributed by atoms with E-state index in [1.807, 2.05) is 0 Å². The molecule has 2 N–H and O–H groups in total. The van der Waals surface area contributed by atoms with Crippen molar-refractivity contribution in [2.45, 2.75) is 72.3 Å². The Bertz CT molecular complexity index is 469. The monoisotopic (exact) mass is 273 g/mol. The number of hydrogen-bond donors (Lipinski definition) is 1. The highest BCUT2D eigenvalue weighted by atomic mass is 14.7. The molecular weight excluding hydrogens is 242 g/mol. The molecule has 1 heteroatoms. The average molecular weight is 273 g/mol. The van der Waals surface area contributed by atoms with Gasteiger partial charge >= 0.3 is 0 Å². The van der Waals surface area contributed by atoms with E-state index in [1.165, 1.54) is 36.0 Å². The molecule has 0 amide bonds. The first kappa shape index (κ1) is 15.6. The summed E-state index contributed by atoms with van der Waals surface area (Å²) in [6.07, 6.45) is 6.09. The second-order valence-electron chi connectivity index (χ2n) is 7.95. The SMILES string of the molecule is Cc1ccc(C2(N)CCCC(C(C)(C)C)CC2)cc1C. The van der Waals surface area contributed by atoms with E-state index in [2.05, 4.69) is 52.8 Å². The molecule has 1 aromatic carbocycles. The van der Waals surface area contributed by atoms with Gasteiger partial charge in [0.1, 0.15) is 0 Å². The molecular formula is C19H31N. The van der Waals surface area contributed by atoms with Crippen molar-refractivity contribution < 1.29 is 0 Å². The van der Waals surface area contributed by atoms with Gasteiger partial charge in [0.2, 0.25) is 0 Å².